The highest BCUT2D eigenvalue weighted by atomic mass is 16.5. The van der Waals surface area contributed by atoms with Crippen molar-refractivity contribution in [3.63, 3.8) is 0 Å². The first kappa shape index (κ1) is 15.3. The molecule has 118 valence electrons. The van der Waals surface area contributed by atoms with E-state index in [-0.39, 0.29) is 11.7 Å². The molecule has 1 aliphatic rings. The minimum atomic E-state index is -0.0768. The average Bonchev–Trinajstić information content (AvgIpc) is 2.57. The number of carbonyl (C=O) groups excluding carboxylic acids is 2. The Morgan fingerprint density at radius 2 is 1.87 bits per heavy atom. The van der Waals surface area contributed by atoms with Crippen LogP contribution >= 0.6 is 0 Å². The number of anilines is 1. The summed E-state index contributed by atoms with van der Waals surface area (Å²) in [6, 6.07) is 11.0. The molecule has 0 bridgehead atoms. The third-order valence-corrected chi connectivity index (χ3v) is 4.36. The lowest BCUT2D eigenvalue weighted by molar-refractivity contribution is 0.0954. The molecule has 1 aliphatic heterocycles. The van der Waals surface area contributed by atoms with Crippen LogP contribution in [0.25, 0.3) is 0 Å². The van der Waals surface area contributed by atoms with Crippen LogP contribution < -0.4 is 9.64 Å². The second kappa shape index (κ2) is 5.88. The topological polar surface area (TPSA) is 46.6 Å². The smallest absolute Gasteiger partial charge is 0.258 e. The Bertz CT molecular complexity index is 795. The Hall–Kier alpha value is -2.62. The van der Waals surface area contributed by atoms with Gasteiger partial charge in [0, 0.05) is 24.1 Å². The Balaban J connectivity index is 2.01. The number of ether oxygens (including phenoxy) is 1. The summed E-state index contributed by atoms with van der Waals surface area (Å²) in [5.74, 6) is 0.590. The van der Waals surface area contributed by atoms with Crippen LogP contribution in [-0.4, -0.2) is 25.3 Å². The summed E-state index contributed by atoms with van der Waals surface area (Å²) < 4.78 is 5.18. The fourth-order valence-corrected chi connectivity index (χ4v) is 2.81. The van der Waals surface area contributed by atoms with E-state index in [1.165, 1.54) is 0 Å². The zero-order chi connectivity index (χ0) is 16.6. The SMILES string of the molecule is COc1ccc2c(c1)C(=O)CCN2C(=O)c1ccc(C)c(C)c1. The maximum absolute atomic E-state index is 12.9. The van der Waals surface area contributed by atoms with E-state index in [0.29, 0.717) is 35.5 Å². The normalized spacial score (nSPS) is 13.7. The minimum absolute atomic E-state index is 0.0445. The van der Waals surface area contributed by atoms with Crippen LogP contribution in [0.5, 0.6) is 5.75 Å². The zero-order valence-corrected chi connectivity index (χ0v) is 13.6. The molecule has 0 saturated carbocycles. The second-order valence-corrected chi connectivity index (χ2v) is 5.81. The number of Topliss-reactive ketones (excluding diaryl/α,β-unsaturated/α-hetero) is 1. The van der Waals surface area contributed by atoms with Gasteiger partial charge in [0.25, 0.3) is 5.91 Å². The fourth-order valence-electron chi connectivity index (χ4n) is 2.81. The number of methoxy groups -OCH3 is 1. The van der Waals surface area contributed by atoms with Crippen LogP contribution in [0.1, 0.15) is 38.3 Å². The van der Waals surface area contributed by atoms with Crippen LogP contribution in [0, 0.1) is 13.8 Å². The van der Waals surface area contributed by atoms with Crippen molar-refractivity contribution in [1.29, 1.82) is 0 Å². The minimum Gasteiger partial charge on any atom is -0.497 e. The van der Waals surface area contributed by atoms with Crippen molar-refractivity contribution >= 4 is 17.4 Å². The van der Waals surface area contributed by atoms with Gasteiger partial charge in [0.2, 0.25) is 0 Å². The molecule has 2 aromatic carbocycles. The number of ketones is 1. The van der Waals surface area contributed by atoms with E-state index in [1.807, 2.05) is 32.0 Å². The molecule has 4 heteroatoms. The molecular weight excluding hydrogens is 290 g/mol. The van der Waals surface area contributed by atoms with Crippen LogP contribution in [0.4, 0.5) is 5.69 Å². The van der Waals surface area contributed by atoms with E-state index in [2.05, 4.69) is 0 Å². The molecular formula is C19H19NO3. The molecule has 1 amide bonds. The van der Waals surface area contributed by atoms with Crippen molar-refractivity contribution in [3.8, 4) is 5.75 Å². The number of benzene rings is 2. The molecule has 4 nitrogen and oxygen atoms in total. The molecule has 2 aromatic rings. The first-order valence-electron chi connectivity index (χ1n) is 7.61. The van der Waals surface area contributed by atoms with Crippen molar-refractivity contribution in [2.24, 2.45) is 0 Å². The highest BCUT2D eigenvalue weighted by Gasteiger charge is 2.28. The zero-order valence-electron chi connectivity index (χ0n) is 13.6. The number of amides is 1. The summed E-state index contributed by atoms with van der Waals surface area (Å²) in [4.78, 5) is 26.7. The molecule has 0 fully saturated rings. The lowest BCUT2D eigenvalue weighted by Gasteiger charge is -2.29. The van der Waals surface area contributed by atoms with E-state index in [4.69, 9.17) is 4.74 Å². The summed E-state index contributed by atoms with van der Waals surface area (Å²) in [5, 5.41) is 0. The average molecular weight is 309 g/mol. The second-order valence-electron chi connectivity index (χ2n) is 5.81. The molecule has 0 unspecified atom stereocenters. The molecule has 0 aromatic heterocycles. The van der Waals surface area contributed by atoms with Crippen molar-refractivity contribution in [2.75, 3.05) is 18.6 Å². The van der Waals surface area contributed by atoms with E-state index in [1.54, 1.807) is 30.2 Å². The number of carbonyl (C=O) groups is 2. The molecule has 1 heterocycles. The summed E-state index contributed by atoms with van der Waals surface area (Å²) in [7, 11) is 1.56. The third kappa shape index (κ3) is 2.72. The van der Waals surface area contributed by atoms with Crippen molar-refractivity contribution in [2.45, 2.75) is 20.3 Å². The van der Waals surface area contributed by atoms with E-state index < -0.39 is 0 Å². The number of rotatable bonds is 2. The lowest BCUT2D eigenvalue weighted by Crippen LogP contribution is -2.37. The van der Waals surface area contributed by atoms with Crippen LogP contribution in [-0.2, 0) is 0 Å². The predicted octanol–water partition coefficient (Wildman–Crippen LogP) is 3.55. The van der Waals surface area contributed by atoms with Gasteiger partial charge in [0.05, 0.1) is 12.8 Å². The summed E-state index contributed by atoms with van der Waals surface area (Å²) in [6.07, 6.45) is 0.330. The van der Waals surface area contributed by atoms with Gasteiger partial charge in [0.15, 0.2) is 5.78 Å². The first-order chi connectivity index (χ1) is 11.0. The van der Waals surface area contributed by atoms with Crippen molar-refractivity contribution in [3.05, 3.63) is 58.7 Å². The maximum atomic E-state index is 12.9. The first-order valence-corrected chi connectivity index (χ1v) is 7.61. The van der Waals surface area contributed by atoms with Gasteiger partial charge in [-0.15, -0.1) is 0 Å². The van der Waals surface area contributed by atoms with Gasteiger partial charge in [-0.3, -0.25) is 9.59 Å². The number of fused-ring (bicyclic) bond motifs is 1. The van der Waals surface area contributed by atoms with Gasteiger partial charge in [-0.2, -0.15) is 0 Å². The molecule has 0 atom stereocenters. The number of aryl methyl sites for hydroxylation is 2. The van der Waals surface area contributed by atoms with E-state index in [9.17, 15) is 9.59 Å². The molecule has 0 aliphatic carbocycles. The number of hydrogen-bond acceptors (Lipinski definition) is 3. The maximum Gasteiger partial charge on any atom is 0.258 e. The fraction of sp³-hybridized carbons (Fsp3) is 0.263. The molecule has 0 spiro atoms. The van der Waals surface area contributed by atoms with Gasteiger partial charge >= 0.3 is 0 Å². The van der Waals surface area contributed by atoms with Crippen molar-refractivity contribution < 1.29 is 14.3 Å². The quantitative estimate of drug-likeness (QED) is 0.852. The molecule has 0 saturated heterocycles. The van der Waals surface area contributed by atoms with E-state index >= 15 is 0 Å². The molecule has 23 heavy (non-hydrogen) atoms. The van der Waals surface area contributed by atoms with Crippen molar-refractivity contribution in [1.82, 2.24) is 0 Å². The number of hydrogen-bond donors (Lipinski definition) is 0. The van der Waals surface area contributed by atoms with Gasteiger partial charge in [-0.05, 0) is 55.3 Å². The van der Waals surface area contributed by atoms with Crippen LogP contribution in [0.3, 0.4) is 0 Å². The Morgan fingerprint density at radius 1 is 1.09 bits per heavy atom. The summed E-state index contributed by atoms with van der Waals surface area (Å²) >= 11 is 0. The summed E-state index contributed by atoms with van der Waals surface area (Å²) in [6.45, 7) is 4.42. The third-order valence-electron chi connectivity index (χ3n) is 4.36. The van der Waals surface area contributed by atoms with Gasteiger partial charge in [-0.1, -0.05) is 6.07 Å². The Kier molecular flexibility index (Phi) is 3.90. The van der Waals surface area contributed by atoms with Crippen LogP contribution in [0.2, 0.25) is 0 Å². The van der Waals surface area contributed by atoms with Gasteiger partial charge < -0.3 is 9.64 Å². The molecule has 3 rings (SSSR count). The van der Waals surface area contributed by atoms with Gasteiger partial charge in [0.1, 0.15) is 5.75 Å². The highest BCUT2D eigenvalue weighted by Crippen LogP contribution is 2.31. The molecule has 0 N–H and O–H groups in total. The highest BCUT2D eigenvalue weighted by molar-refractivity contribution is 6.13. The lowest BCUT2D eigenvalue weighted by atomic mass is 9.98. The van der Waals surface area contributed by atoms with E-state index in [0.717, 1.165) is 11.1 Å². The monoisotopic (exact) mass is 309 g/mol. The van der Waals surface area contributed by atoms with Crippen LogP contribution in [0.15, 0.2) is 36.4 Å². The number of nitrogens with zero attached hydrogens (tertiary/aromatic N) is 1. The summed E-state index contributed by atoms with van der Waals surface area (Å²) in [5.41, 5.74) is 4.08. The molecule has 0 radical (unpaired) electrons. The van der Waals surface area contributed by atoms with Gasteiger partial charge in [-0.25, -0.2) is 0 Å². The largest absolute Gasteiger partial charge is 0.497 e. The Morgan fingerprint density at radius 3 is 2.57 bits per heavy atom. The predicted molar refractivity (Wildman–Crippen MR) is 89.5 cm³/mol. The Labute approximate surface area is 135 Å². The standard InChI is InChI=1S/C19H19NO3/c1-12-4-5-14(10-13(12)2)19(22)20-9-8-18(21)16-11-15(23-3)6-7-17(16)20/h4-7,10-11H,8-9H2,1-3H3.